The van der Waals surface area contributed by atoms with Crippen molar-refractivity contribution in [3.05, 3.63) is 59.5 Å². The number of carbonyl (C=O) groups is 1. The van der Waals surface area contributed by atoms with Gasteiger partial charge in [-0.2, -0.15) is 11.8 Å². The van der Waals surface area contributed by atoms with Gasteiger partial charge >= 0.3 is 0 Å². The van der Waals surface area contributed by atoms with Gasteiger partial charge in [0.05, 0.1) is 12.0 Å². The molecule has 0 bridgehead atoms. The van der Waals surface area contributed by atoms with Crippen LogP contribution in [0.1, 0.15) is 34.5 Å². The Morgan fingerprint density at radius 2 is 1.96 bits per heavy atom. The molecule has 1 N–H and O–H groups in total. The average molecular weight is 344 g/mol. The number of thioether (sulfide) groups is 1. The first-order valence-corrected chi connectivity index (χ1v) is 9.66. The van der Waals surface area contributed by atoms with Crippen molar-refractivity contribution in [3.8, 4) is 0 Å². The van der Waals surface area contributed by atoms with Crippen LogP contribution in [0.4, 0.5) is 0 Å². The van der Waals surface area contributed by atoms with Crippen LogP contribution in [0.2, 0.25) is 0 Å². The monoisotopic (exact) mass is 344 g/mol. The minimum Gasteiger partial charge on any atom is -0.468 e. The minimum atomic E-state index is 0.00122. The van der Waals surface area contributed by atoms with Crippen LogP contribution in [-0.2, 0) is 12.3 Å². The molecule has 1 amide bonds. The van der Waals surface area contributed by atoms with Crippen molar-refractivity contribution in [3.63, 3.8) is 0 Å². The maximum absolute atomic E-state index is 12.1. The van der Waals surface area contributed by atoms with Crippen molar-refractivity contribution in [2.24, 2.45) is 0 Å². The summed E-state index contributed by atoms with van der Waals surface area (Å²) < 4.78 is 5.28. The number of amides is 1. The van der Waals surface area contributed by atoms with Gasteiger partial charge in [-0.3, -0.25) is 9.69 Å². The SMILES string of the molecule is O=C(NCCSCc1ccco1)c1ccc(CN2CCCC2)cc1. The Labute approximate surface area is 147 Å². The van der Waals surface area contributed by atoms with Gasteiger partial charge in [-0.25, -0.2) is 0 Å². The molecule has 128 valence electrons. The van der Waals surface area contributed by atoms with Crippen molar-refractivity contribution in [2.45, 2.75) is 25.1 Å². The number of nitrogens with one attached hydrogen (secondary N) is 1. The zero-order chi connectivity index (χ0) is 16.6. The molecule has 1 aliphatic heterocycles. The molecule has 0 atom stereocenters. The van der Waals surface area contributed by atoms with Gasteiger partial charge in [-0.15, -0.1) is 0 Å². The lowest BCUT2D eigenvalue weighted by Gasteiger charge is -2.14. The highest BCUT2D eigenvalue weighted by molar-refractivity contribution is 7.98. The molecule has 5 heteroatoms. The van der Waals surface area contributed by atoms with Crippen LogP contribution in [0, 0.1) is 0 Å². The maximum Gasteiger partial charge on any atom is 0.251 e. The van der Waals surface area contributed by atoms with Gasteiger partial charge in [0.25, 0.3) is 5.91 Å². The van der Waals surface area contributed by atoms with Gasteiger partial charge in [-0.05, 0) is 55.8 Å². The van der Waals surface area contributed by atoms with Gasteiger partial charge in [0, 0.05) is 24.4 Å². The normalized spacial score (nSPS) is 14.8. The second-order valence-electron chi connectivity index (χ2n) is 6.07. The van der Waals surface area contributed by atoms with E-state index in [0.29, 0.717) is 6.54 Å². The molecule has 0 unspecified atom stereocenters. The third-order valence-electron chi connectivity index (χ3n) is 4.18. The summed E-state index contributed by atoms with van der Waals surface area (Å²) in [5.41, 5.74) is 2.01. The van der Waals surface area contributed by atoms with Crippen molar-refractivity contribution in [1.82, 2.24) is 10.2 Å². The van der Waals surface area contributed by atoms with Crippen LogP contribution in [0.25, 0.3) is 0 Å². The topological polar surface area (TPSA) is 45.5 Å². The zero-order valence-electron chi connectivity index (χ0n) is 13.9. The van der Waals surface area contributed by atoms with E-state index in [2.05, 4.69) is 22.3 Å². The number of carbonyl (C=O) groups excluding carboxylic acids is 1. The lowest BCUT2D eigenvalue weighted by molar-refractivity contribution is 0.0956. The molecule has 1 aliphatic rings. The summed E-state index contributed by atoms with van der Waals surface area (Å²) in [4.78, 5) is 14.6. The number of nitrogens with zero attached hydrogens (tertiary/aromatic N) is 1. The van der Waals surface area contributed by atoms with Crippen molar-refractivity contribution in [2.75, 3.05) is 25.4 Å². The molecule has 1 fully saturated rings. The summed E-state index contributed by atoms with van der Waals surface area (Å²) in [5.74, 6) is 2.69. The Bertz CT molecular complexity index is 619. The van der Waals surface area contributed by atoms with Gasteiger partial charge in [-0.1, -0.05) is 12.1 Å². The maximum atomic E-state index is 12.1. The quantitative estimate of drug-likeness (QED) is 0.744. The van der Waals surface area contributed by atoms with E-state index in [4.69, 9.17) is 4.42 Å². The fourth-order valence-corrected chi connectivity index (χ4v) is 3.62. The first kappa shape index (κ1) is 17.1. The van der Waals surface area contributed by atoms with Crippen molar-refractivity contribution < 1.29 is 9.21 Å². The predicted molar refractivity (Wildman–Crippen MR) is 98.2 cm³/mol. The number of hydrogen-bond donors (Lipinski definition) is 1. The summed E-state index contributed by atoms with van der Waals surface area (Å²) in [6, 6.07) is 11.9. The molecule has 4 nitrogen and oxygen atoms in total. The van der Waals surface area contributed by atoms with E-state index in [1.807, 2.05) is 24.3 Å². The molecule has 1 saturated heterocycles. The van der Waals surface area contributed by atoms with E-state index in [1.165, 1.54) is 31.5 Å². The second kappa shape index (κ2) is 8.94. The first-order valence-electron chi connectivity index (χ1n) is 8.51. The average Bonchev–Trinajstić information content (AvgIpc) is 3.29. The summed E-state index contributed by atoms with van der Waals surface area (Å²) in [5, 5.41) is 2.97. The Hall–Kier alpha value is -1.72. The highest BCUT2D eigenvalue weighted by Crippen LogP contribution is 2.14. The molecular formula is C19H24N2O2S. The van der Waals surface area contributed by atoms with Gasteiger partial charge < -0.3 is 9.73 Å². The van der Waals surface area contributed by atoms with Crippen LogP contribution in [-0.4, -0.2) is 36.2 Å². The molecule has 2 aromatic rings. The van der Waals surface area contributed by atoms with E-state index < -0.39 is 0 Å². The molecule has 0 spiro atoms. The van der Waals surface area contributed by atoms with Crippen LogP contribution >= 0.6 is 11.8 Å². The second-order valence-corrected chi connectivity index (χ2v) is 7.17. The van der Waals surface area contributed by atoms with E-state index in [0.717, 1.165) is 29.4 Å². The molecule has 24 heavy (non-hydrogen) atoms. The van der Waals surface area contributed by atoms with Crippen LogP contribution in [0.3, 0.4) is 0 Å². The largest absolute Gasteiger partial charge is 0.468 e. The van der Waals surface area contributed by atoms with E-state index in [1.54, 1.807) is 18.0 Å². The predicted octanol–water partition coefficient (Wildman–Crippen LogP) is 3.54. The number of benzene rings is 1. The van der Waals surface area contributed by atoms with Crippen LogP contribution < -0.4 is 5.32 Å². The highest BCUT2D eigenvalue weighted by atomic mass is 32.2. The van der Waals surface area contributed by atoms with Crippen LogP contribution in [0.5, 0.6) is 0 Å². The number of likely N-dealkylation sites (tertiary alicyclic amines) is 1. The van der Waals surface area contributed by atoms with Gasteiger partial charge in [0.15, 0.2) is 0 Å². The molecule has 1 aromatic heterocycles. The van der Waals surface area contributed by atoms with E-state index in [9.17, 15) is 4.79 Å². The zero-order valence-corrected chi connectivity index (χ0v) is 14.7. The fraction of sp³-hybridized carbons (Fsp3) is 0.421. The molecule has 1 aromatic carbocycles. The molecule has 0 radical (unpaired) electrons. The van der Waals surface area contributed by atoms with Crippen LogP contribution in [0.15, 0.2) is 47.1 Å². The number of rotatable bonds is 8. The number of hydrogen-bond acceptors (Lipinski definition) is 4. The highest BCUT2D eigenvalue weighted by Gasteiger charge is 2.12. The summed E-state index contributed by atoms with van der Waals surface area (Å²) in [7, 11) is 0. The lowest BCUT2D eigenvalue weighted by Crippen LogP contribution is -2.25. The Balaban J connectivity index is 1.36. The third kappa shape index (κ3) is 5.14. The minimum absolute atomic E-state index is 0.00122. The summed E-state index contributed by atoms with van der Waals surface area (Å²) in [6.07, 6.45) is 4.29. The molecular weight excluding hydrogens is 320 g/mol. The third-order valence-corrected chi connectivity index (χ3v) is 5.16. The van der Waals surface area contributed by atoms with Gasteiger partial charge in [0.1, 0.15) is 5.76 Å². The molecule has 3 rings (SSSR count). The van der Waals surface area contributed by atoms with E-state index >= 15 is 0 Å². The lowest BCUT2D eigenvalue weighted by atomic mass is 10.1. The first-order chi connectivity index (χ1) is 11.8. The van der Waals surface area contributed by atoms with E-state index in [-0.39, 0.29) is 5.91 Å². The molecule has 0 saturated carbocycles. The van der Waals surface area contributed by atoms with Crippen molar-refractivity contribution in [1.29, 1.82) is 0 Å². The smallest absolute Gasteiger partial charge is 0.251 e. The molecule has 2 heterocycles. The van der Waals surface area contributed by atoms with Gasteiger partial charge in [0.2, 0.25) is 0 Å². The Morgan fingerprint density at radius 3 is 2.67 bits per heavy atom. The fourth-order valence-electron chi connectivity index (χ4n) is 2.87. The Morgan fingerprint density at radius 1 is 1.17 bits per heavy atom. The number of furan rings is 1. The van der Waals surface area contributed by atoms with Crippen molar-refractivity contribution >= 4 is 17.7 Å². The standard InChI is InChI=1S/C19H24N2O2S/c22-19(20-9-13-24-15-18-4-3-12-23-18)17-7-5-16(6-8-17)14-21-10-1-2-11-21/h3-8,12H,1-2,9-11,13-15H2,(H,20,22). The Kier molecular flexibility index (Phi) is 6.38. The summed E-state index contributed by atoms with van der Waals surface area (Å²) in [6.45, 7) is 4.04. The molecule has 0 aliphatic carbocycles. The summed E-state index contributed by atoms with van der Waals surface area (Å²) >= 11 is 1.75.